The highest BCUT2D eigenvalue weighted by Crippen LogP contribution is 2.20. The predicted molar refractivity (Wildman–Crippen MR) is 91.3 cm³/mol. The van der Waals surface area contributed by atoms with Gasteiger partial charge in [0, 0.05) is 35.2 Å². The summed E-state index contributed by atoms with van der Waals surface area (Å²) in [7, 11) is 0. The number of amides is 4. The van der Waals surface area contributed by atoms with Gasteiger partial charge in [-0.05, 0) is 48.5 Å². The van der Waals surface area contributed by atoms with Gasteiger partial charge in [-0.2, -0.15) is 0 Å². The van der Waals surface area contributed by atoms with Crippen molar-refractivity contribution in [3.8, 4) is 0 Å². The van der Waals surface area contributed by atoms with Gasteiger partial charge in [-0.15, -0.1) is 0 Å². The highest BCUT2D eigenvalue weighted by Gasteiger charge is 2.20. The third-order valence-electron chi connectivity index (χ3n) is 3.40. The number of rotatable bonds is 3. The highest BCUT2D eigenvalue weighted by molar-refractivity contribution is 6.30. The fraction of sp³-hybridized carbons (Fsp3) is 0.125. The van der Waals surface area contributed by atoms with Gasteiger partial charge >= 0.3 is 12.1 Å². The molecule has 0 spiro atoms. The van der Waals surface area contributed by atoms with Crippen LogP contribution in [0.1, 0.15) is 0 Å². The molecule has 0 unspecified atom stereocenters. The van der Waals surface area contributed by atoms with Gasteiger partial charge in [-0.1, -0.05) is 11.6 Å². The molecule has 0 aliphatic carbocycles. The number of urea groups is 2. The average molecular weight is 331 g/mol. The van der Waals surface area contributed by atoms with Crippen molar-refractivity contribution in [2.24, 2.45) is 0 Å². The molecule has 118 valence electrons. The Morgan fingerprint density at radius 3 is 2.09 bits per heavy atom. The Morgan fingerprint density at radius 2 is 1.57 bits per heavy atom. The zero-order valence-corrected chi connectivity index (χ0v) is 12.9. The number of hydrogen-bond acceptors (Lipinski definition) is 2. The van der Waals surface area contributed by atoms with Crippen LogP contribution >= 0.6 is 11.6 Å². The largest absolute Gasteiger partial charge is 0.336 e. The van der Waals surface area contributed by atoms with E-state index >= 15 is 0 Å². The van der Waals surface area contributed by atoms with Crippen molar-refractivity contribution in [2.45, 2.75) is 0 Å². The van der Waals surface area contributed by atoms with Gasteiger partial charge in [0.2, 0.25) is 0 Å². The number of benzene rings is 2. The van der Waals surface area contributed by atoms with Crippen molar-refractivity contribution < 1.29 is 9.59 Å². The molecule has 4 amide bonds. The van der Waals surface area contributed by atoms with Crippen LogP contribution in [0.4, 0.5) is 26.7 Å². The third-order valence-corrected chi connectivity index (χ3v) is 3.65. The molecule has 0 aromatic heterocycles. The second-order valence-electron chi connectivity index (χ2n) is 5.02. The van der Waals surface area contributed by atoms with Crippen LogP contribution in [0.15, 0.2) is 48.5 Å². The van der Waals surface area contributed by atoms with E-state index in [2.05, 4.69) is 16.0 Å². The lowest BCUT2D eigenvalue weighted by Gasteiger charge is -2.15. The van der Waals surface area contributed by atoms with Gasteiger partial charge < -0.3 is 16.0 Å². The van der Waals surface area contributed by atoms with Crippen LogP contribution in [0.5, 0.6) is 0 Å². The lowest BCUT2D eigenvalue weighted by atomic mass is 10.2. The molecule has 0 bridgehead atoms. The lowest BCUT2D eigenvalue weighted by molar-refractivity contribution is 0.252. The van der Waals surface area contributed by atoms with Gasteiger partial charge in [0.25, 0.3) is 0 Å². The van der Waals surface area contributed by atoms with Crippen LogP contribution in [0, 0.1) is 0 Å². The van der Waals surface area contributed by atoms with E-state index in [1.54, 1.807) is 53.4 Å². The molecule has 1 aliphatic heterocycles. The number of anilines is 3. The van der Waals surface area contributed by atoms with E-state index in [-0.39, 0.29) is 12.1 Å². The summed E-state index contributed by atoms with van der Waals surface area (Å²) in [6, 6.07) is 13.5. The summed E-state index contributed by atoms with van der Waals surface area (Å²) in [5.74, 6) is 0. The second-order valence-corrected chi connectivity index (χ2v) is 5.45. The molecule has 1 heterocycles. The summed E-state index contributed by atoms with van der Waals surface area (Å²) in [5.41, 5.74) is 2.08. The lowest BCUT2D eigenvalue weighted by Crippen LogP contribution is -2.27. The Kier molecular flexibility index (Phi) is 4.34. The minimum absolute atomic E-state index is 0.105. The summed E-state index contributed by atoms with van der Waals surface area (Å²) in [6.07, 6.45) is 0. The Morgan fingerprint density at radius 1 is 1.00 bits per heavy atom. The van der Waals surface area contributed by atoms with E-state index in [1.807, 2.05) is 0 Å². The number of nitrogens with zero attached hydrogens (tertiary/aromatic N) is 1. The van der Waals surface area contributed by atoms with Crippen molar-refractivity contribution in [1.82, 2.24) is 5.32 Å². The summed E-state index contributed by atoms with van der Waals surface area (Å²) in [4.78, 5) is 25.2. The molecule has 3 rings (SSSR count). The Bertz CT molecular complexity index is 716. The Labute approximate surface area is 138 Å². The number of carbonyl (C=O) groups is 2. The third kappa shape index (κ3) is 3.73. The standard InChI is InChI=1S/C16H15ClN4O2/c17-11-1-3-12(4-2-11)19-15(22)20-13-5-7-14(8-6-13)21-10-9-18-16(21)23/h1-8H,9-10H2,(H,18,23)(H2,19,20,22). The quantitative estimate of drug-likeness (QED) is 0.805. The van der Waals surface area contributed by atoms with Gasteiger partial charge in [0.15, 0.2) is 0 Å². The minimum atomic E-state index is -0.348. The van der Waals surface area contributed by atoms with E-state index in [0.717, 1.165) is 5.69 Å². The fourth-order valence-corrected chi connectivity index (χ4v) is 2.40. The molecule has 0 radical (unpaired) electrons. The molecule has 6 nitrogen and oxygen atoms in total. The van der Waals surface area contributed by atoms with Crippen molar-refractivity contribution in [3.05, 3.63) is 53.6 Å². The summed E-state index contributed by atoms with van der Waals surface area (Å²) < 4.78 is 0. The fourth-order valence-electron chi connectivity index (χ4n) is 2.27. The smallest absolute Gasteiger partial charge is 0.323 e. The first-order chi connectivity index (χ1) is 11.1. The highest BCUT2D eigenvalue weighted by atomic mass is 35.5. The number of halogens is 1. The molecule has 1 aliphatic rings. The van der Waals surface area contributed by atoms with Crippen LogP contribution < -0.4 is 20.9 Å². The normalized spacial score (nSPS) is 13.6. The molecule has 1 fully saturated rings. The summed E-state index contributed by atoms with van der Waals surface area (Å²) in [6.45, 7) is 1.28. The van der Waals surface area contributed by atoms with E-state index in [0.29, 0.717) is 29.5 Å². The van der Waals surface area contributed by atoms with E-state index < -0.39 is 0 Å². The number of carbonyl (C=O) groups excluding carboxylic acids is 2. The van der Waals surface area contributed by atoms with Crippen LogP contribution in [-0.4, -0.2) is 25.2 Å². The molecule has 7 heteroatoms. The van der Waals surface area contributed by atoms with Gasteiger partial charge in [0.05, 0.1) is 0 Å². The van der Waals surface area contributed by atoms with Gasteiger partial charge in [-0.25, -0.2) is 9.59 Å². The second kappa shape index (κ2) is 6.58. The van der Waals surface area contributed by atoms with Crippen LogP contribution in [0.2, 0.25) is 5.02 Å². The van der Waals surface area contributed by atoms with Crippen LogP contribution in [0.25, 0.3) is 0 Å². The molecule has 0 saturated carbocycles. The van der Waals surface area contributed by atoms with E-state index in [4.69, 9.17) is 11.6 Å². The first kappa shape index (κ1) is 15.2. The summed E-state index contributed by atoms with van der Waals surface area (Å²) >= 11 is 5.80. The number of hydrogen-bond donors (Lipinski definition) is 3. The zero-order chi connectivity index (χ0) is 16.2. The molecule has 0 atom stereocenters. The zero-order valence-electron chi connectivity index (χ0n) is 12.2. The van der Waals surface area contributed by atoms with Crippen molar-refractivity contribution in [3.63, 3.8) is 0 Å². The molecule has 2 aromatic carbocycles. The minimum Gasteiger partial charge on any atom is -0.336 e. The molecule has 2 aromatic rings. The molecule has 1 saturated heterocycles. The van der Waals surface area contributed by atoms with Crippen molar-refractivity contribution in [1.29, 1.82) is 0 Å². The molecule has 23 heavy (non-hydrogen) atoms. The predicted octanol–water partition coefficient (Wildman–Crippen LogP) is 3.51. The van der Waals surface area contributed by atoms with Gasteiger partial charge in [-0.3, -0.25) is 4.90 Å². The number of nitrogens with one attached hydrogen (secondary N) is 3. The van der Waals surface area contributed by atoms with Gasteiger partial charge in [0.1, 0.15) is 0 Å². The van der Waals surface area contributed by atoms with E-state index in [1.165, 1.54) is 0 Å². The maximum Gasteiger partial charge on any atom is 0.323 e. The summed E-state index contributed by atoms with van der Waals surface area (Å²) in [5, 5.41) is 8.80. The molecular weight excluding hydrogens is 316 g/mol. The Balaban J connectivity index is 1.60. The monoisotopic (exact) mass is 330 g/mol. The first-order valence-corrected chi connectivity index (χ1v) is 7.48. The SMILES string of the molecule is O=C(Nc1ccc(Cl)cc1)Nc1ccc(N2CCNC2=O)cc1. The van der Waals surface area contributed by atoms with E-state index in [9.17, 15) is 9.59 Å². The topological polar surface area (TPSA) is 73.5 Å². The Hall–Kier alpha value is -2.73. The maximum absolute atomic E-state index is 11.9. The first-order valence-electron chi connectivity index (χ1n) is 7.11. The molecule has 3 N–H and O–H groups in total. The van der Waals surface area contributed by atoms with Crippen molar-refractivity contribution in [2.75, 3.05) is 28.6 Å². The average Bonchev–Trinajstić information content (AvgIpc) is 2.96. The van der Waals surface area contributed by atoms with Crippen molar-refractivity contribution >= 4 is 40.7 Å². The molecular formula is C16H15ClN4O2. The van der Waals surface area contributed by atoms with Crippen LogP contribution in [-0.2, 0) is 0 Å². The maximum atomic E-state index is 11.9. The van der Waals surface area contributed by atoms with Crippen LogP contribution in [0.3, 0.4) is 0 Å².